The number of ether oxygens (including phenoxy) is 2. The van der Waals surface area contributed by atoms with E-state index < -0.39 is 10.0 Å². The molecule has 11 heteroatoms. The molecular formula is C22H23N5O5S. The first-order chi connectivity index (χ1) is 16.0. The molecule has 3 heterocycles. The number of sulfonamides is 1. The zero-order valence-corrected chi connectivity index (χ0v) is 18.6. The van der Waals surface area contributed by atoms with Gasteiger partial charge >= 0.3 is 0 Å². The van der Waals surface area contributed by atoms with Crippen LogP contribution in [0.1, 0.15) is 16.9 Å². The molecule has 10 nitrogen and oxygen atoms in total. The Bertz CT molecular complexity index is 1250. The fourth-order valence-corrected chi connectivity index (χ4v) is 5.23. The van der Waals surface area contributed by atoms with Gasteiger partial charge in [0.15, 0.2) is 17.2 Å². The van der Waals surface area contributed by atoms with Crippen molar-refractivity contribution in [1.29, 1.82) is 0 Å². The number of aromatic nitrogens is 3. The second-order valence-corrected chi connectivity index (χ2v) is 9.65. The van der Waals surface area contributed by atoms with Gasteiger partial charge in [-0.3, -0.25) is 4.79 Å². The number of nitrogens with zero attached hydrogens (tertiary/aromatic N) is 5. The molecule has 1 amide bonds. The molecule has 0 unspecified atom stereocenters. The van der Waals surface area contributed by atoms with E-state index >= 15 is 0 Å². The van der Waals surface area contributed by atoms with Crippen molar-refractivity contribution in [3.63, 3.8) is 0 Å². The van der Waals surface area contributed by atoms with Crippen molar-refractivity contribution >= 4 is 15.9 Å². The summed E-state index contributed by atoms with van der Waals surface area (Å²) in [7, 11) is -3.73. The smallest absolute Gasteiger partial charge is 0.276 e. The van der Waals surface area contributed by atoms with Gasteiger partial charge in [-0.05, 0) is 24.3 Å². The summed E-state index contributed by atoms with van der Waals surface area (Å²) in [5.41, 5.74) is 0.973. The number of amides is 1. The minimum Gasteiger partial charge on any atom is -0.490 e. The zero-order chi connectivity index (χ0) is 22.8. The van der Waals surface area contributed by atoms with E-state index in [1.165, 1.54) is 27.4 Å². The summed E-state index contributed by atoms with van der Waals surface area (Å²) in [5, 5.41) is 8.44. The highest BCUT2D eigenvalue weighted by atomic mass is 32.2. The fourth-order valence-electron chi connectivity index (χ4n) is 3.79. The van der Waals surface area contributed by atoms with Gasteiger partial charge in [0.2, 0.25) is 10.0 Å². The van der Waals surface area contributed by atoms with Crippen molar-refractivity contribution < 1.29 is 22.7 Å². The molecule has 33 heavy (non-hydrogen) atoms. The molecule has 2 aromatic carbocycles. The Balaban J connectivity index is 1.26. The van der Waals surface area contributed by atoms with Gasteiger partial charge in [0.05, 0.1) is 30.0 Å². The first-order valence-corrected chi connectivity index (χ1v) is 12.1. The Labute approximate surface area is 191 Å². The predicted molar refractivity (Wildman–Crippen MR) is 118 cm³/mol. The minimum absolute atomic E-state index is 0.150. The first kappa shape index (κ1) is 21.4. The van der Waals surface area contributed by atoms with Crippen LogP contribution < -0.4 is 9.47 Å². The molecule has 5 rings (SSSR count). The summed E-state index contributed by atoms with van der Waals surface area (Å²) >= 11 is 0. The van der Waals surface area contributed by atoms with Crippen LogP contribution in [0.5, 0.6) is 11.5 Å². The molecule has 0 radical (unpaired) electrons. The third-order valence-corrected chi connectivity index (χ3v) is 7.48. The highest BCUT2D eigenvalue weighted by molar-refractivity contribution is 7.89. The number of benzene rings is 2. The largest absolute Gasteiger partial charge is 0.490 e. The van der Waals surface area contributed by atoms with Crippen LogP contribution in [0.3, 0.4) is 0 Å². The molecular weight excluding hydrogens is 446 g/mol. The van der Waals surface area contributed by atoms with Gasteiger partial charge in [-0.15, -0.1) is 5.10 Å². The maximum Gasteiger partial charge on any atom is 0.276 e. The van der Waals surface area contributed by atoms with Gasteiger partial charge < -0.3 is 14.4 Å². The van der Waals surface area contributed by atoms with Crippen molar-refractivity contribution in [2.45, 2.75) is 11.3 Å². The summed E-state index contributed by atoms with van der Waals surface area (Å²) in [6, 6.07) is 14.0. The number of piperazine rings is 1. The molecule has 3 aromatic rings. The van der Waals surface area contributed by atoms with Gasteiger partial charge in [-0.25, -0.2) is 8.42 Å². The van der Waals surface area contributed by atoms with E-state index in [1.807, 2.05) is 30.3 Å². The maximum absolute atomic E-state index is 13.2. The Morgan fingerprint density at radius 3 is 2.39 bits per heavy atom. The maximum atomic E-state index is 13.2. The number of carbonyl (C=O) groups excluding carboxylic acids is 1. The molecule has 0 atom stereocenters. The average Bonchev–Trinajstić information content (AvgIpc) is 3.23. The lowest BCUT2D eigenvalue weighted by molar-refractivity contribution is 0.0691. The highest BCUT2D eigenvalue weighted by Crippen LogP contribution is 2.33. The standard InChI is InChI=1S/C22H23N5O5S/c28-22(19-16-23-27(24-19)17-5-2-1-3-6-17)25-9-11-26(12-10-25)33(29,30)18-7-8-20-21(15-18)32-14-4-13-31-20/h1-3,5-8,15-16H,4,9-14H2. The van der Waals surface area contributed by atoms with Crippen LogP contribution >= 0.6 is 0 Å². The van der Waals surface area contributed by atoms with Gasteiger partial charge in [0.1, 0.15) is 0 Å². The van der Waals surface area contributed by atoms with Gasteiger partial charge in [-0.2, -0.15) is 14.2 Å². The average molecular weight is 470 g/mol. The lowest BCUT2D eigenvalue weighted by Gasteiger charge is -2.33. The lowest BCUT2D eigenvalue weighted by Crippen LogP contribution is -2.50. The molecule has 0 saturated carbocycles. The van der Waals surface area contributed by atoms with Crippen LogP contribution in [-0.2, 0) is 10.0 Å². The second-order valence-electron chi connectivity index (χ2n) is 7.71. The molecule has 1 fully saturated rings. The van der Waals surface area contributed by atoms with Crippen molar-refractivity contribution in [2.75, 3.05) is 39.4 Å². The highest BCUT2D eigenvalue weighted by Gasteiger charge is 2.32. The third kappa shape index (κ3) is 4.29. The van der Waals surface area contributed by atoms with E-state index in [9.17, 15) is 13.2 Å². The minimum atomic E-state index is -3.73. The van der Waals surface area contributed by atoms with Crippen molar-refractivity contribution in [3.05, 3.63) is 60.4 Å². The summed E-state index contributed by atoms with van der Waals surface area (Å²) in [5.74, 6) is 0.708. The molecule has 1 aromatic heterocycles. The SMILES string of the molecule is O=C(c1cnn(-c2ccccc2)n1)N1CCN(S(=O)(=O)c2ccc3c(c2)OCCCO3)CC1. The number of fused-ring (bicyclic) bond motifs is 1. The number of hydrogen-bond acceptors (Lipinski definition) is 7. The summed E-state index contributed by atoms with van der Waals surface area (Å²) in [6.45, 7) is 1.92. The molecule has 172 valence electrons. The van der Waals surface area contributed by atoms with Crippen LogP contribution in [0.4, 0.5) is 0 Å². The lowest BCUT2D eigenvalue weighted by atomic mass is 10.3. The van der Waals surface area contributed by atoms with E-state index in [2.05, 4.69) is 10.2 Å². The van der Waals surface area contributed by atoms with Crippen LogP contribution in [0, 0.1) is 0 Å². The second kappa shape index (κ2) is 8.83. The molecule has 0 N–H and O–H groups in total. The molecule has 1 saturated heterocycles. The normalized spacial score (nSPS) is 16.9. The van der Waals surface area contributed by atoms with Crippen molar-refractivity contribution in [2.24, 2.45) is 0 Å². The van der Waals surface area contributed by atoms with E-state index in [4.69, 9.17) is 9.47 Å². The number of rotatable bonds is 4. The Kier molecular flexibility index (Phi) is 5.73. The first-order valence-electron chi connectivity index (χ1n) is 10.7. The van der Waals surface area contributed by atoms with Crippen LogP contribution in [0.2, 0.25) is 0 Å². The van der Waals surface area contributed by atoms with Crippen LogP contribution in [0.15, 0.2) is 59.6 Å². The monoisotopic (exact) mass is 469 g/mol. The summed E-state index contributed by atoms with van der Waals surface area (Å²) < 4.78 is 38.9. The molecule has 0 spiro atoms. The van der Waals surface area contributed by atoms with E-state index in [-0.39, 0.29) is 42.7 Å². The van der Waals surface area contributed by atoms with Gasteiger partial charge in [0, 0.05) is 38.7 Å². The van der Waals surface area contributed by atoms with Crippen molar-refractivity contribution in [1.82, 2.24) is 24.2 Å². The third-order valence-electron chi connectivity index (χ3n) is 5.58. The zero-order valence-electron chi connectivity index (χ0n) is 17.8. The molecule has 0 aliphatic carbocycles. The Hall–Kier alpha value is -3.44. The van der Waals surface area contributed by atoms with Gasteiger partial charge in [0.25, 0.3) is 5.91 Å². The van der Waals surface area contributed by atoms with Crippen LogP contribution in [0.25, 0.3) is 5.69 Å². The van der Waals surface area contributed by atoms with E-state index in [1.54, 1.807) is 11.0 Å². The van der Waals surface area contributed by atoms with E-state index in [0.29, 0.717) is 24.7 Å². The Morgan fingerprint density at radius 1 is 0.909 bits per heavy atom. The summed E-state index contributed by atoms with van der Waals surface area (Å²) in [4.78, 5) is 16.0. The number of carbonyl (C=O) groups is 1. The van der Waals surface area contributed by atoms with Crippen LogP contribution in [-0.4, -0.2) is 77.9 Å². The number of para-hydroxylation sites is 1. The van der Waals surface area contributed by atoms with Gasteiger partial charge in [-0.1, -0.05) is 18.2 Å². The molecule has 2 aliphatic rings. The Morgan fingerprint density at radius 2 is 1.64 bits per heavy atom. The fraction of sp³-hybridized carbons (Fsp3) is 0.318. The topological polar surface area (TPSA) is 107 Å². The number of hydrogen-bond donors (Lipinski definition) is 0. The molecule has 2 aliphatic heterocycles. The predicted octanol–water partition coefficient (Wildman–Crippen LogP) is 1.58. The van der Waals surface area contributed by atoms with Crippen molar-refractivity contribution in [3.8, 4) is 17.2 Å². The molecule has 0 bridgehead atoms. The summed E-state index contributed by atoms with van der Waals surface area (Å²) in [6.07, 6.45) is 2.17. The quantitative estimate of drug-likeness (QED) is 0.571. The van der Waals surface area contributed by atoms with E-state index in [0.717, 1.165) is 12.1 Å².